The van der Waals surface area contributed by atoms with Crippen molar-refractivity contribution in [1.82, 2.24) is 4.90 Å². The van der Waals surface area contributed by atoms with E-state index < -0.39 is 5.97 Å². The Bertz CT molecular complexity index is 1280. The number of rotatable bonds is 10. The number of anilines is 2. The molecule has 0 saturated carbocycles. The van der Waals surface area contributed by atoms with Gasteiger partial charge in [-0.15, -0.1) is 0 Å². The Balaban J connectivity index is 1.69. The summed E-state index contributed by atoms with van der Waals surface area (Å²) in [6, 6.07) is 21.7. The van der Waals surface area contributed by atoms with E-state index in [0.29, 0.717) is 17.7 Å². The Morgan fingerprint density at radius 1 is 1.03 bits per heavy atom. The van der Waals surface area contributed by atoms with E-state index in [2.05, 4.69) is 57.6 Å². The van der Waals surface area contributed by atoms with E-state index >= 15 is 0 Å². The van der Waals surface area contributed by atoms with Gasteiger partial charge in [-0.3, -0.25) is 9.59 Å². The second kappa shape index (κ2) is 11.5. The maximum Gasteiger partial charge on any atom is 0.303 e. The van der Waals surface area contributed by atoms with E-state index in [1.807, 2.05) is 54.6 Å². The van der Waals surface area contributed by atoms with Gasteiger partial charge >= 0.3 is 5.97 Å². The fraction of sp³-hybridized carbons (Fsp3) is 0.241. The molecular formula is C29H30BrN3O3. The highest BCUT2D eigenvalue weighted by atomic mass is 79.9. The fourth-order valence-electron chi connectivity index (χ4n) is 4.37. The summed E-state index contributed by atoms with van der Waals surface area (Å²) in [5.41, 5.74) is 6.76. The zero-order valence-electron chi connectivity index (χ0n) is 20.5. The van der Waals surface area contributed by atoms with Crippen LogP contribution in [-0.4, -0.2) is 35.5 Å². The molecule has 0 radical (unpaired) electrons. The number of hydrogen-bond acceptors (Lipinski definition) is 4. The van der Waals surface area contributed by atoms with E-state index in [4.69, 9.17) is 5.11 Å². The van der Waals surface area contributed by atoms with Gasteiger partial charge in [-0.25, -0.2) is 0 Å². The van der Waals surface area contributed by atoms with Crippen molar-refractivity contribution in [2.75, 3.05) is 24.2 Å². The Morgan fingerprint density at radius 3 is 2.39 bits per heavy atom. The molecule has 1 aliphatic rings. The van der Waals surface area contributed by atoms with E-state index in [1.54, 1.807) is 0 Å². The van der Waals surface area contributed by atoms with Crippen LogP contribution in [0.5, 0.6) is 0 Å². The predicted octanol–water partition coefficient (Wildman–Crippen LogP) is 6.24. The summed E-state index contributed by atoms with van der Waals surface area (Å²) in [6.45, 7) is 4.10. The van der Waals surface area contributed by atoms with Crippen LogP contribution < -0.4 is 10.6 Å². The van der Waals surface area contributed by atoms with Gasteiger partial charge in [-0.2, -0.15) is 0 Å². The number of carboxylic acids is 1. The van der Waals surface area contributed by atoms with Crippen molar-refractivity contribution >= 4 is 50.5 Å². The highest BCUT2D eigenvalue weighted by molar-refractivity contribution is 9.10. The van der Waals surface area contributed by atoms with Crippen LogP contribution in [0.1, 0.15) is 42.0 Å². The van der Waals surface area contributed by atoms with Crippen molar-refractivity contribution in [3.8, 4) is 0 Å². The molecule has 4 rings (SSSR count). The second-order valence-corrected chi connectivity index (χ2v) is 9.96. The van der Waals surface area contributed by atoms with Gasteiger partial charge in [0.2, 0.25) is 0 Å². The Morgan fingerprint density at radius 2 is 1.72 bits per heavy atom. The van der Waals surface area contributed by atoms with Crippen molar-refractivity contribution in [2.24, 2.45) is 0 Å². The van der Waals surface area contributed by atoms with Gasteiger partial charge in [0.1, 0.15) is 0 Å². The van der Waals surface area contributed by atoms with E-state index in [1.165, 1.54) is 5.56 Å². The molecule has 1 amide bonds. The highest BCUT2D eigenvalue weighted by Gasteiger charge is 2.28. The Hall–Kier alpha value is -3.42. The monoisotopic (exact) mass is 547 g/mol. The van der Waals surface area contributed by atoms with Gasteiger partial charge in [0, 0.05) is 28.7 Å². The summed E-state index contributed by atoms with van der Waals surface area (Å²) in [5.74, 6) is -0.989. The normalized spacial score (nSPS) is 13.9. The van der Waals surface area contributed by atoms with Crippen LogP contribution in [0.4, 0.5) is 11.4 Å². The molecule has 3 aromatic carbocycles. The first-order valence-electron chi connectivity index (χ1n) is 12.0. The van der Waals surface area contributed by atoms with Crippen LogP contribution in [0.3, 0.4) is 0 Å². The number of fused-ring (bicyclic) bond motifs is 1. The van der Waals surface area contributed by atoms with Crippen LogP contribution in [0.15, 0.2) is 71.2 Å². The van der Waals surface area contributed by atoms with Gasteiger partial charge in [0.25, 0.3) is 5.91 Å². The molecule has 0 spiro atoms. The molecule has 6 nitrogen and oxygen atoms in total. The molecule has 186 valence electrons. The zero-order valence-corrected chi connectivity index (χ0v) is 22.1. The van der Waals surface area contributed by atoms with Crippen LogP contribution in [0, 0.1) is 0 Å². The van der Waals surface area contributed by atoms with Gasteiger partial charge in [-0.05, 0) is 67.4 Å². The third-order valence-electron chi connectivity index (χ3n) is 6.13. The van der Waals surface area contributed by atoms with Crippen LogP contribution in [-0.2, 0) is 22.6 Å². The summed E-state index contributed by atoms with van der Waals surface area (Å²) in [5, 5.41) is 15.5. The van der Waals surface area contributed by atoms with Crippen molar-refractivity contribution < 1.29 is 14.7 Å². The molecule has 0 fully saturated rings. The zero-order chi connectivity index (χ0) is 25.7. The van der Waals surface area contributed by atoms with Crippen molar-refractivity contribution in [1.29, 1.82) is 0 Å². The number of hydrogen-bond donors (Lipinski definition) is 3. The molecule has 0 saturated heterocycles. The summed E-state index contributed by atoms with van der Waals surface area (Å²) in [4.78, 5) is 26.4. The van der Waals surface area contributed by atoms with E-state index in [-0.39, 0.29) is 12.3 Å². The maximum atomic E-state index is 13.1. The number of benzene rings is 3. The molecule has 1 heterocycles. The number of aliphatic carboxylic acids is 1. The first kappa shape index (κ1) is 25.7. The summed E-state index contributed by atoms with van der Waals surface area (Å²) < 4.78 is 0.892. The summed E-state index contributed by atoms with van der Waals surface area (Å²) in [7, 11) is 2.12. The van der Waals surface area contributed by atoms with Gasteiger partial charge in [0.05, 0.1) is 17.0 Å². The Kier molecular flexibility index (Phi) is 8.23. The predicted molar refractivity (Wildman–Crippen MR) is 149 cm³/mol. The van der Waals surface area contributed by atoms with Crippen molar-refractivity contribution in [3.05, 3.63) is 93.5 Å². The van der Waals surface area contributed by atoms with Gasteiger partial charge < -0.3 is 20.6 Å². The minimum atomic E-state index is -0.821. The third-order valence-corrected chi connectivity index (χ3v) is 6.62. The first-order valence-corrected chi connectivity index (χ1v) is 12.8. The third kappa shape index (κ3) is 6.22. The van der Waals surface area contributed by atoms with E-state index in [0.717, 1.165) is 52.0 Å². The lowest BCUT2D eigenvalue weighted by molar-refractivity contribution is -0.137. The summed E-state index contributed by atoms with van der Waals surface area (Å²) in [6.07, 6.45) is 1.65. The standard InChI is InChI=1S/C29H30BrN3O3/c1-3-16-33(2)18-20-6-12-23(13-7-20)31-28(21-9-4-19(5-10-21)8-15-26(34)35)27-24-14-11-22(30)17-25(24)32-29(27)36/h4-7,9-14,17,31H,3,8,15-16,18H2,1-2H3,(H,32,36)(H,34,35)/b28-27-. The van der Waals surface area contributed by atoms with Crippen LogP contribution in [0.2, 0.25) is 0 Å². The Labute approximate surface area is 220 Å². The fourth-order valence-corrected chi connectivity index (χ4v) is 4.73. The number of nitrogens with zero attached hydrogens (tertiary/aromatic N) is 1. The lowest BCUT2D eigenvalue weighted by Gasteiger charge is -2.17. The molecular weight excluding hydrogens is 518 g/mol. The average Bonchev–Trinajstić information content (AvgIpc) is 3.17. The van der Waals surface area contributed by atoms with Crippen molar-refractivity contribution in [3.63, 3.8) is 0 Å². The second-order valence-electron chi connectivity index (χ2n) is 9.04. The SMILES string of the molecule is CCCN(C)Cc1ccc(N/C(=C2\C(=O)Nc3cc(Br)ccc32)c2ccc(CCC(=O)O)cc2)cc1. The molecule has 36 heavy (non-hydrogen) atoms. The number of amides is 1. The minimum absolute atomic E-state index is 0.0794. The molecule has 1 aliphatic heterocycles. The van der Waals surface area contributed by atoms with Crippen LogP contribution >= 0.6 is 15.9 Å². The quantitative estimate of drug-likeness (QED) is 0.262. The molecule has 0 bridgehead atoms. The molecule has 3 N–H and O–H groups in total. The van der Waals surface area contributed by atoms with E-state index in [9.17, 15) is 9.59 Å². The molecule has 0 unspecified atom stereocenters. The molecule has 3 aromatic rings. The van der Waals surface area contributed by atoms with Gasteiger partial charge in [0.15, 0.2) is 0 Å². The lowest BCUT2D eigenvalue weighted by atomic mass is 9.98. The molecule has 0 aliphatic carbocycles. The number of aryl methyl sites for hydroxylation is 1. The molecule has 0 aromatic heterocycles. The number of carbonyl (C=O) groups excluding carboxylic acids is 1. The number of carbonyl (C=O) groups is 2. The highest BCUT2D eigenvalue weighted by Crippen LogP contribution is 2.39. The largest absolute Gasteiger partial charge is 0.481 e. The number of nitrogens with one attached hydrogen (secondary N) is 2. The summed E-state index contributed by atoms with van der Waals surface area (Å²) >= 11 is 3.48. The molecule has 0 atom stereocenters. The number of halogens is 1. The smallest absolute Gasteiger partial charge is 0.303 e. The molecule has 7 heteroatoms. The van der Waals surface area contributed by atoms with Crippen molar-refractivity contribution in [2.45, 2.75) is 32.7 Å². The first-order chi connectivity index (χ1) is 17.3. The maximum absolute atomic E-state index is 13.1. The van der Waals surface area contributed by atoms with Gasteiger partial charge in [-0.1, -0.05) is 65.3 Å². The van der Waals surface area contributed by atoms with Crippen LogP contribution in [0.25, 0.3) is 11.3 Å². The average molecular weight is 548 g/mol. The number of carboxylic acid groups (broad SMARTS) is 1. The topological polar surface area (TPSA) is 81.7 Å². The lowest BCUT2D eigenvalue weighted by Crippen LogP contribution is -2.18. The minimum Gasteiger partial charge on any atom is -0.481 e.